The highest BCUT2D eigenvalue weighted by Crippen LogP contribution is 2.35. The molecule has 3 heterocycles. The molecule has 2 fully saturated rings. The van der Waals surface area contributed by atoms with Gasteiger partial charge in [-0.2, -0.15) is 0 Å². The Morgan fingerprint density at radius 1 is 1.09 bits per heavy atom. The largest absolute Gasteiger partial charge is 0.495 e. The molecule has 2 saturated heterocycles. The molecule has 9 heteroatoms. The van der Waals surface area contributed by atoms with Crippen LogP contribution in [0.1, 0.15) is 45.9 Å². The van der Waals surface area contributed by atoms with Gasteiger partial charge in [0.2, 0.25) is 11.8 Å². The third kappa shape index (κ3) is 4.58. The van der Waals surface area contributed by atoms with E-state index in [1.54, 1.807) is 17.0 Å². The van der Waals surface area contributed by atoms with E-state index < -0.39 is 11.9 Å². The topological polar surface area (TPSA) is 88.2 Å². The maximum absolute atomic E-state index is 13.0. The van der Waals surface area contributed by atoms with Crippen molar-refractivity contribution in [2.75, 3.05) is 26.3 Å². The molecule has 0 bridgehead atoms. The molecule has 2 aromatic rings. The van der Waals surface area contributed by atoms with Crippen molar-refractivity contribution >= 4 is 25.6 Å². The van der Waals surface area contributed by atoms with Gasteiger partial charge in [-0.15, -0.1) is 0 Å². The number of imide groups is 1. The lowest BCUT2D eigenvalue weighted by Crippen LogP contribution is -2.52. The van der Waals surface area contributed by atoms with Crippen LogP contribution in [-0.2, 0) is 27.4 Å². The second-order valence-electron chi connectivity index (χ2n) is 9.07. The van der Waals surface area contributed by atoms with E-state index >= 15 is 0 Å². The van der Waals surface area contributed by atoms with E-state index in [0.29, 0.717) is 24.3 Å². The molecule has 3 aliphatic rings. The Bertz CT molecular complexity index is 1100. The third-order valence-electron chi connectivity index (χ3n) is 6.80. The SMILES string of the molecule is BC(Oc1cccc2c1CN(C1CCC(=O)NC1=O)C2=O)c1ccc(CN2CCOCC2)cc1. The van der Waals surface area contributed by atoms with Crippen molar-refractivity contribution in [2.45, 2.75) is 38.0 Å². The summed E-state index contributed by atoms with van der Waals surface area (Å²) in [4.78, 5) is 40.8. The van der Waals surface area contributed by atoms with Gasteiger partial charge in [-0.25, -0.2) is 0 Å². The molecule has 2 atom stereocenters. The van der Waals surface area contributed by atoms with Crippen LogP contribution in [-0.4, -0.2) is 67.7 Å². The number of hydrogen-bond acceptors (Lipinski definition) is 6. The summed E-state index contributed by atoms with van der Waals surface area (Å²) in [5, 5.41) is 2.34. The highest BCUT2D eigenvalue weighted by atomic mass is 16.5. The lowest BCUT2D eigenvalue weighted by atomic mass is 9.91. The number of fused-ring (bicyclic) bond motifs is 1. The average molecular weight is 461 g/mol. The van der Waals surface area contributed by atoms with E-state index in [1.807, 2.05) is 13.9 Å². The van der Waals surface area contributed by atoms with Crippen molar-refractivity contribution in [2.24, 2.45) is 0 Å². The Balaban J connectivity index is 1.27. The lowest BCUT2D eigenvalue weighted by Gasteiger charge is -2.29. The lowest BCUT2D eigenvalue weighted by molar-refractivity contribution is -0.136. The number of morpholine rings is 1. The Labute approximate surface area is 199 Å². The summed E-state index contributed by atoms with van der Waals surface area (Å²) in [5.41, 5.74) is 3.64. The van der Waals surface area contributed by atoms with Crippen LogP contribution in [0.15, 0.2) is 42.5 Å². The fraction of sp³-hybridized carbons (Fsp3) is 0.400. The molecule has 1 N–H and O–H groups in total. The second-order valence-corrected chi connectivity index (χ2v) is 9.07. The quantitative estimate of drug-likeness (QED) is 0.510. The molecule has 0 radical (unpaired) electrons. The van der Waals surface area contributed by atoms with Crippen molar-refractivity contribution in [1.29, 1.82) is 0 Å². The highest BCUT2D eigenvalue weighted by Gasteiger charge is 2.40. The summed E-state index contributed by atoms with van der Waals surface area (Å²) < 4.78 is 11.7. The monoisotopic (exact) mass is 461 g/mol. The van der Waals surface area contributed by atoms with Gasteiger partial charge in [-0.05, 0) is 29.7 Å². The van der Waals surface area contributed by atoms with Crippen LogP contribution in [0.3, 0.4) is 0 Å². The maximum Gasteiger partial charge on any atom is 0.255 e. The first-order valence-electron chi connectivity index (χ1n) is 11.8. The van der Waals surface area contributed by atoms with Crippen LogP contribution in [0.2, 0.25) is 0 Å². The van der Waals surface area contributed by atoms with Crippen molar-refractivity contribution < 1.29 is 23.9 Å². The van der Waals surface area contributed by atoms with Gasteiger partial charge in [-0.3, -0.25) is 24.6 Å². The number of carbonyl (C=O) groups excluding carboxylic acids is 3. The zero-order valence-corrected chi connectivity index (χ0v) is 19.3. The standard InChI is InChI=1S/C25H28BN3O5/c26-23(17-6-4-16(5-7-17)14-28-10-12-33-13-11-28)34-21-3-1-2-18-19(21)15-29(25(18)32)20-8-9-22(30)27-24(20)31/h1-7,20,23H,8-15,26H2,(H,27,30,31). The molecule has 2 unspecified atom stereocenters. The van der Waals surface area contributed by atoms with E-state index in [-0.39, 0.29) is 24.2 Å². The molecular formula is C25H28BN3O5. The van der Waals surface area contributed by atoms with Crippen LogP contribution in [0, 0.1) is 0 Å². The molecule has 0 aliphatic carbocycles. The number of carbonyl (C=O) groups is 3. The number of nitrogens with one attached hydrogen (secondary N) is 1. The van der Waals surface area contributed by atoms with Crippen molar-refractivity contribution in [1.82, 2.24) is 15.1 Å². The van der Waals surface area contributed by atoms with Gasteiger partial charge in [0.15, 0.2) is 7.85 Å². The van der Waals surface area contributed by atoms with Crippen LogP contribution >= 0.6 is 0 Å². The van der Waals surface area contributed by atoms with Gasteiger partial charge in [-0.1, -0.05) is 30.3 Å². The number of ether oxygens (including phenoxy) is 2. The molecule has 0 saturated carbocycles. The summed E-state index contributed by atoms with van der Waals surface area (Å²) in [6, 6.07) is 13.0. The summed E-state index contributed by atoms with van der Waals surface area (Å²) in [7, 11) is 1.99. The fourth-order valence-electron chi connectivity index (χ4n) is 4.84. The smallest absolute Gasteiger partial charge is 0.255 e. The number of nitrogens with zero attached hydrogens (tertiary/aromatic N) is 2. The number of hydrogen-bond donors (Lipinski definition) is 1. The number of piperidine rings is 1. The molecule has 176 valence electrons. The fourth-order valence-corrected chi connectivity index (χ4v) is 4.84. The van der Waals surface area contributed by atoms with Gasteiger partial charge in [0.1, 0.15) is 11.8 Å². The first-order valence-corrected chi connectivity index (χ1v) is 11.8. The zero-order valence-electron chi connectivity index (χ0n) is 19.3. The average Bonchev–Trinajstić information content (AvgIpc) is 3.17. The number of amides is 3. The number of rotatable bonds is 6. The molecule has 3 aliphatic heterocycles. The molecule has 34 heavy (non-hydrogen) atoms. The van der Waals surface area contributed by atoms with Gasteiger partial charge in [0.05, 0.1) is 25.8 Å². The summed E-state index contributed by atoms with van der Waals surface area (Å²) >= 11 is 0. The second kappa shape index (κ2) is 9.60. The zero-order chi connectivity index (χ0) is 23.7. The van der Waals surface area contributed by atoms with E-state index in [1.165, 1.54) is 5.56 Å². The van der Waals surface area contributed by atoms with Crippen molar-refractivity contribution in [3.05, 3.63) is 64.7 Å². The maximum atomic E-state index is 13.0. The molecule has 5 rings (SSSR count). The van der Waals surface area contributed by atoms with Crippen LogP contribution in [0.5, 0.6) is 5.75 Å². The Hall–Kier alpha value is -3.17. The van der Waals surface area contributed by atoms with Crippen molar-refractivity contribution in [3.8, 4) is 5.75 Å². The summed E-state index contributed by atoms with van der Waals surface area (Å²) in [6.45, 7) is 4.68. The molecule has 2 aromatic carbocycles. The predicted octanol–water partition coefficient (Wildman–Crippen LogP) is 0.991. The molecule has 0 spiro atoms. The van der Waals surface area contributed by atoms with E-state index in [2.05, 4.69) is 34.5 Å². The first-order chi connectivity index (χ1) is 16.5. The molecular weight excluding hydrogens is 433 g/mol. The van der Waals surface area contributed by atoms with Crippen LogP contribution in [0.4, 0.5) is 0 Å². The van der Waals surface area contributed by atoms with E-state index in [9.17, 15) is 14.4 Å². The Morgan fingerprint density at radius 2 is 1.85 bits per heavy atom. The summed E-state index contributed by atoms with van der Waals surface area (Å²) in [5.74, 6) is -0.259. The van der Waals surface area contributed by atoms with Gasteiger partial charge in [0, 0.05) is 37.2 Å². The van der Waals surface area contributed by atoms with Crippen molar-refractivity contribution in [3.63, 3.8) is 0 Å². The minimum absolute atomic E-state index is 0.199. The highest BCUT2D eigenvalue weighted by molar-refractivity contribution is 6.11. The molecule has 3 amide bonds. The van der Waals surface area contributed by atoms with Gasteiger partial charge < -0.3 is 14.4 Å². The summed E-state index contributed by atoms with van der Waals surface area (Å²) in [6.07, 6.45) is 0.576. The van der Waals surface area contributed by atoms with E-state index in [0.717, 1.165) is 44.0 Å². The molecule has 8 nitrogen and oxygen atoms in total. The first kappa shape index (κ1) is 22.6. The van der Waals surface area contributed by atoms with Gasteiger partial charge in [0.25, 0.3) is 5.91 Å². The predicted molar refractivity (Wildman–Crippen MR) is 127 cm³/mol. The minimum atomic E-state index is -0.637. The van der Waals surface area contributed by atoms with E-state index in [4.69, 9.17) is 9.47 Å². The normalized spacial score (nSPS) is 21.8. The van der Waals surface area contributed by atoms with Crippen LogP contribution in [0.25, 0.3) is 0 Å². The molecule has 0 aromatic heterocycles. The Kier molecular flexibility index (Phi) is 6.39. The third-order valence-corrected chi connectivity index (χ3v) is 6.80. The number of benzene rings is 2. The van der Waals surface area contributed by atoms with Gasteiger partial charge >= 0.3 is 0 Å². The van der Waals surface area contributed by atoms with Crippen LogP contribution < -0.4 is 10.1 Å². The minimum Gasteiger partial charge on any atom is -0.495 e. The Morgan fingerprint density at radius 3 is 2.59 bits per heavy atom.